The Morgan fingerprint density at radius 3 is 2.64 bits per heavy atom. The highest BCUT2D eigenvalue weighted by molar-refractivity contribution is 6.32. The van der Waals surface area contributed by atoms with Crippen molar-refractivity contribution >= 4 is 34.6 Å². The van der Waals surface area contributed by atoms with Crippen molar-refractivity contribution in [3.05, 3.63) is 53.9 Å². The van der Waals surface area contributed by atoms with Gasteiger partial charge in [-0.2, -0.15) is 0 Å². The van der Waals surface area contributed by atoms with Gasteiger partial charge in [-0.3, -0.25) is 4.40 Å². The summed E-state index contributed by atoms with van der Waals surface area (Å²) in [6.45, 7) is 3.51. The molecule has 1 fully saturated rings. The third-order valence-electron chi connectivity index (χ3n) is 5.55. The average molecular weight is 465 g/mol. The first-order valence-corrected chi connectivity index (χ1v) is 10.9. The lowest BCUT2D eigenvalue weighted by Gasteiger charge is -2.29. The quantitative estimate of drug-likeness (QED) is 0.466. The molecule has 0 amide bonds. The Labute approximate surface area is 196 Å². The number of methoxy groups -OCH3 is 2. The average Bonchev–Trinajstić information content (AvgIpc) is 3.29. The van der Waals surface area contributed by atoms with Crippen LogP contribution in [0.1, 0.15) is 0 Å². The lowest BCUT2D eigenvalue weighted by molar-refractivity contribution is 0.412. The molecular weight excluding hydrogens is 442 g/mol. The number of nitrogens with one attached hydrogen (secondary N) is 1. The van der Waals surface area contributed by atoms with E-state index in [2.05, 4.69) is 36.6 Å². The SMILES string of the molecule is COc1ccc2ncc(-c3nc(Nc4ccc(N5CC[N]CC5)cc4OC)ncc3Cl)n2c1. The first-order valence-electron chi connectivity index (χ1n) is 10.5. The van der Waals surface area contributed by atoms with Gasteiger partial charge in [0.1, 0.15) is 22.8 Å². The number of ether oxygens (including phenoxy) is 2. The summed E-state index contributed by atoms with van der Waals surface area (Å²) < 4.78 is 12.9. The Bertz CT molecular complexity index is 1290. The number of hydrogen-bond donors (Lipinski definition) is 1. The van der Waals surface area contributed by atoms with Crippen molar-refractivity contribution in [1.29, 1.82) is 0 Å². The van der Waals surface area contributed by atoms with E-state index in [0.717, 1.165) is 48.9 Å². The molecule has 5 rings (SSSR count). The Kier molecular flexibility index (Phi) is 5.89. The molecule has 0 atom stereocenters. The van der Waals surface area contributed by atoms with Crippen molar-refractivity contribution in [2.75, 3.05) is 50.6 Å². The van der Waals surface area contributed by atoms with Gasteiger partial charge in [-0.15, -0.1) is 0 Å². The van der Waals surface area contributed by atoms with Gasteiger partial charge in [0.2, 0.25) is 5.95 Å². The van der Waals surface area contributed by atoms with Crippen LogP contribution in [0, 0.1) is 0 Å². The van der Waals surface area contributed by atoms with Crippen LogP contribution in [0.15, 0.2) is 48.9 Å². The number of rotatable bonds is 6. The summed E-state index contributed by atoms with van der Waals surface area (Å²) in [5.74, 6) is 1.81. The maximum atomic E-state index is 6.47. The van der Waals surface area contributed by atoms with E-state index >= 15 is 0 Å². The number of imidazole rings is 1. The van der Waals surface area contributed by atoms with E-state index in [4.69, 9.17) is 21.1 Å². The Morgan fingerprint density at radius 2 is 1.85 bits per heavy atom. The van der Waals surface area contributed by atoms with Crippen molar-refractivity contribution in [1.82, 2.24) is 24.7 Å². The number of pyridine rings is 1. The predicted octanol–water partition coefficient (Wildman–Crippen LogP) is 3.63. The molecule has 0 unspecified atom stereocenters. The number of benzene rings is 1. The van der Waals surface area contributed by atoms with E-state index in [9.17, 15) is 0 Å². The molecule has 0 aliphatic carbocycles. The van der Waals surface area contributed by atoms with Crippen molar-refractivity contribution in [2.45, 2.75) is 0 Å². The number of fused-ring (bicyclic) bond motifs is 1. The lowest BCUT2D eigenvalue weighted by Crippen LogP contribution is -2.40. The summed E-state index contributed by atoms with van der Waals surface area (Å²) in [6, 6.07) is 9.77. The number of halogens is 1. The molecule has 1 aliphatic rings. The minimum absolute atomic E-state index is 0.398. The highest BCUT2D eigenvalue weighted by Crippen LogP contribution is 2.33. The van der Waals surface area contributed by atoms with Crippen LogP contribution in [0.2, 0.25) is 5.02 Å². The molecule has 1 N–H and O–H groups in total. The number of aromatic nitrogens is 4. The number of anilines is 3. The Balaban J connectivity index is 1.46. The fourth-order valence-electron chi connectivity index (χ4n) is 3.83. The summed E-state index contributed by atoms with van der Waals surface area (Å²) in [6.07, 6.45) is 5.15. The van der Waals surface area contributed by atoms with Crippen LogP contribution in [0.5, 0.6) is 11.5 Å². The second-order valence-electron chi connectivity index (χ2n) is 7.50. The molecule has 1 radical (unpaired) electrons. The van der Waals surface area contributed by atoms with Gasteiger partial charge in [0.25, 0.3) is 0 Å². The van der Waals surface area contributed by atoms with Crippen LogP contribution in [-0.4, -0.2) is 59.8 Å². The molecule has 4 aromatic rings. The summed E-state index contributed by atoms with van der Waals surface area (Å²) in [5, 5.41) is 8.08. The van der Waals surface area contributed by atoms with E-state index in [1.807, 2.05) is 34.9 Å². The lowest BCUT2D eigenvalue weighted by atomic mass is 10.2. The molecule has 1 aliphatic heterocycles. The van der Waals surface area contributed by atoms with Gasteiger partial charge in [-0.05, 0) is 24.3 Å². The summed E-state index contributed by atoms with van der Waals surface area (Å²) in [7, 11) is 3.27. The van der Waals surface area contributed by atoms with Gasteiger partial charge in [0.15, 0.2) is 0 Å². The van der Waals surface area contributed by atoms with Gasteiger partial charge in [-0.1, -0.05) is 11.6 Å². The van der Waals surface area contributed by atoms with E-state index in [1.54, 1.807) is 26.6 Å². The Hall–Kier alpha value is -3.56. The zero-order valence-corrected chi connectivity index (χ0v) is 19.1. The van der Waals surface area contributed by atoms with Crippen LogP contribution in [0.3, 0.4) is 0 Å². The van der Waals surface area contributed by atoms with Gasteiger partial charge < -0.3 is 19.7 Å². The molecule has 0 spiro atoms. The van der Waals surface area contributed by atoms with Crippen LogP contribution in [0.25, 0.3) is 17.0 Å². The molecule has 4 heterocycles. The largest absolute Gasteiger partial charge is 0.495 e. The van der Waals surface area contributed by atoms with E-state index in [1.165, 1.54) is 0 Å². The number of hydrogen-bond acceptors (Lipinski definition) is 7. The minimum Gasteiger partial charge on any atom is -0.495 e. The Morgan fingerprint density at radius 1 is 1.00 bits per heavy atom. The highest BCUT2D eigenvalue weighted by Gasteiger charge is 2.16. The van der Waals surface area contributed by atoms with Crippen molar-refractivity contribution in [3.63, 3.8) is 0 Å². The fraction of sp³-hybridized carbons (Fsp3) is 0.261. The van der Waals surface area contributed by atoms with E-state index < -0.39 is 0 Å². The standard InChI is InChI=1S/C23H23ClN7O2/c1-32-16-4-6-21-26-13-19(31(21)14-16)22-17(24)12-27-23(29-22)28-18-5-3-15(11-20(18)33-2)30-9-7-25-8-10-30/h3-6,11-14H,7-10H2,1-2H3,(H,27,28,29). The van der Waals surface area contributed by atoms with E-state index in [-0.39, 0.29) is 0 Å². The van der Waals surface area contributed by atoms with Crippen LogP contribution >= 0.6 is 11.6 Å². The summed E-state index contributed by atoms with van der Waals surface area (Å²) >= 11 is 6.47. The predicted molar refractivity (Wildman–Crippen MR) is 128 cm³/mol. The van der Waals surface area contributed by atoms with Gasteiger partial charge in [0, 0.05) is 37.9 Å². The molecular formula is C23H23ClN7O2. The molecule has 0 bridgehead atoms. The molecule has 0 saturated carbocycles. The fourth-order valence-corrected chi connectivity index (χ4v) is 4.02. The van der Waals surface area contributed by atoms with Gasteiger partial charge in [0.05, 0.1) is 49.2 Å². The first kappa shape index (κ1) is 21.3. The summed E-state index contributed by atoms with van der Waals surface area (Å²) in [5.41, 5.74) is 3.92. The molecule has 9 nitrogen and oxygen atoms in total. The molecule has 10 heteroatoms. The zero-order chi connectivity index (χ0) is 22.8. The van der Waals surface area contributed by atoms with Crippen LogP contribution in [0.4, 0.5) is 17.3 Å². The second-order valence-corrected chi connectivity index (χ2v) is 7.91. The zero-order valence-electron chi connectivity index (χ0n) is 18.3. The molecule has 1 aromatic carbocycles. The number of piperazine rings is 1. The molecule has 169 valence electrons. The van der Waals surface area contributed by atoms with Gasteiger partial charge in [-0.25, -0.2) is 20.3 Å². The normalized spacial score (nSPS) is 13.8. The molecule has 3 aromatic heterocycles. The monoisotopic (exact) mass is 464 g/mol. The first-order chi connectivity index (χ1) is 16.2. The minimum atomic E-state index is 0.398. The van der Waals surface area contributed by atoms with Gasteiger partial charge >= 0.3 is 0 Å². The molecule has 1 saturated heterocycles. The van der Waals surface area contributed by atoms with E-state index in [0.29, 0.717) is 28.2 Å². The maximum absolute atomic E-state index is 6.47. The smallest absolute Gasteiger partial charge is 0.227 e. The topological polar surface area (TPSA) is 90.9 Å². The summed E-state index contributed by atoms with van der Waals surface area (Å²) in [4.78, 5) is 15.8. The number of nitrogens with zero attached hydrogens (tertiary/aromatic N) is 6. The maximum Gasteiger partial charge on any atom is 0.227 e. The van der Waals surface area contributed by atoms with Crippen molar-refractivity contribution in [3.8, 4) is 22.9 Å². The van der Waals surface area contributed by atoms with Crippen molar-refractivity contribution in [2.24, 2.45) is 0 Å². The van der Waals surface area contributed by atoms with Crippen molar-refractivity contribution < 1.29 is 9.47 Å². The second kappa shape index (κ2) is 9.13. The highest BCUT2D eigenvalue weighted by atomic mass is 35.5. The third-order valence-corrected chi connectivity index (χ3v) is 5.83. The molecule has 33 heavy (non-hydrogen) atoms. The third kappa shape index (κ3) is 4.24. The van der Waals surface area contributed by atoms with Crippen LogP contribution < -0.4 is 25.0 Å². The van der Waals surface area contributed by atoms with Crippen LogP contribution in [-0.2, 0) is 0 Å².